The Balaban J connectivity index is 1.59. The van der Waals surface area contributed by atoms with Gasteiger partial charge in [-0.3, -0.25) is 4.79 Å². The number of carbonyl (C=O) groups excluding carboxylic acids is 2. The van der Waals surface area contributed by atoms with Gasteiger partial charge in [0.2, 0.25) is 0 Å². The molecule has 2 aromatic carbocycles. The van der Waals surface area contributed by atoms with Crippen molar-refractivity contribution >= 4 is 11.9 Å². The summed E-state index contributed by atoms with van der Waals surface area (Å²) in [5, 5.41) is 10.8. The van der Waals surface area contributed by atoms with Gasteiger partial charge in [0.25, 0.3) is 5.91 Å². The predicted octanol–water partition coefficient (Wildman–Crippen LogP) is 2.89. The number of para-hydroxylation sites is 1. The smallest absolute Gasteiger partial charge is 0.361 e. The average Bonchev–Trinajstić information content (AvgIpc) is 3.08. The number of benzene rings is 2. The van der Waals surface area contributed by atoms with Crippen molar-refractivity contribution in [3.05, 3.63) is 77.1 Å². The fraction of sp³-hybridized carbons (Fsp3) is 0.200. The van der Waals surface area contributed by atoms with Gasteiger partial charge in [0.1, 0.15) is 11.6 Å². The van der Waals surface area contributed by atoms with Crippen LogP contribution in [0.1, 0.15) is 34.7 Å². The van der Waals surface area contributed by atoms with Crippen LogP contribution in [-0.2, 0) is 9.53 Å². The van der Waals surface area contributed by atoms with Gasteiger partial charge in [0.05, 0.1) is 17.4 Å². The van der Waals surface area contributed by atoms with E-state index < -0.39 is 36.2 Å². The van der Waals surface area contributed by atoms with Gasteiger partial charge >= 0.3 is 5.97 Å². The molecule has 0 saturated carbocycles. The summed E-state index contributed by atoms with van der Waals surface area (Å²) in [6.07, 6.45) is 0. The van der Waals surface area contributed by atoms with Crippen LogP contribution in [0.25, 0.3) is 5.69 Å². The van der Waals surface area contributed by atoms with Crippen LogP contribution >= 0.6 is 0 Å². The third-order valence-electron chi connectivity index (χ3n) is 4.10. The summed E-state index contributed by atoms with van der Waals surface area (Å²) < 4.78 is 31.8. The molecule has 3 aromatic rings. The summed E-state index contributed by atoms with van der Waals surface area (Å²) in [6, 6.07) is 11.3. The average molecular weight is 400 g/mol. The van der Waals surface area contributed by atoms with E-state index in [0.29, 0.717) is 11.4 Å². The quantitative estimate of drug-likeness (QED) is 0.643. The van der Waals surface area contributed by atoms with Gasteiger partial charge in [-0.1, -0.05) is 24.3 Å². The Morgan fingerprint density at radius 1 is 1.14 bits per heavy atom. The van der Waals surface area contributed by atoms with Crippen molar-refractivity contribution in [1.29, 1.82) is 0 Å². The van der Waals surface area contributed by atoms with Crippen molar-refractivity contribution in [1.82, 2.24) is 20.3 Å². The molecule has 7 nitrogen and oxygen atoms in total. The monoisotopic (exact) mass is 400 g/mol. The lowest BCUT2D eigenvalue weighted by Crippen LogP contribution is -2.31. The fourth-order valence-electron chi connectivity index (χ4n) is 2.66. The molecule has 0 unspecified atom stereocenters. The number of esters is 1. The lowest BCUT2D eigenvalue weighted by molar-refractivity contribution is -0.124. The number of aryl methyl sites for hydroxylation is 1. The highest BCUT2D eigenvalue weighted by atomic mass is 19.1. The van der Waals surface area contributed by atoms with Crippen LogP contribution in [0.15, 0.2) is 48.5 Å². The SMILES string of the molecule is Cc1nn(-c2ccccc2)nc1C(=O)OCC(=O)N[C@H](C)c1ccc(F)cc1F. The minimum atomic E-state index is -0.805. The Labute approximate surface area is 165 Å². The molecule has 150 valence electrons. The van der Waals surface area contributed by atoms with E-state index in [1.165, 1.54) is 17.8 Å². The van der Waals surface area contributed by atoms with Crippen molar-refractivity contribution in [2.45, 2.75) is 19.9 Å². The van der Waals surface area contributed by atoms with Gasteiger partial charge in [0, 0.05) is 11.6 Å². The van der Waals surface area contributed by atoms with E-state index in [0.717, 1.165) is 12.1 Å². The molecular weight excluding hydrogens is 382 g/mol. The van der Waals surface area contributed by atoms with Gasteiger partial charge in [-0.05, 0) is 32.0 Å². The van der Waals surface area contributed by atoms with Crippen LogP contribution in [-0.4, -0.2) is 33.5 Å². The maximum Gasteiger partial charge on any atom is 0.361 e. The van der Waals surface area contributed by atoms with E-state index in [-0.39, 0.29) is 11.3 Å². The van der Waals surface area contributed by atoms with Gasteiger partial charge in [-0.2, -0.15) is 9.90 Å². The molecule has 0 saturated heterocycles. The first-order valence-corrected chi connectivity index (χ1v) is 8.76. The Bertz CT molecular complexity index is 1040. The molecule has 0 spiro atoms. The summed E-state index contributed by atoms with van der Waals surface area (Å²) >= 11 is 0. The number of nitrogens with zero attached hydrogens (tertiary/aromatic N) is 3. The Hall–Kier alpha value is -3.62. The summed E-state index contributed by atoms with van der Waals surface area (Å²) in [5.41, 5.74) is 1.12. The highest BCUT2D eigenvalue weighted by Crippen LogP contribution is 2.17. The number of amides is 1. The molecule has 0 bridgehead atoms. The van der Waals surface area contributed by atoms with Gasteiger partial charge in [-0.25, -0.2) is 13.6 Å². The highest BCUT2D eigenvalue weighted by molar-refractivity contribution is 5.90. The maximum atomic E-state index is 13.8. The summed E-state index contributed by atoms with van der Waals surface area (Å²) in [7, 11) is 0. The number of ether oxygens (including phenoxy) is 1. The van der Waals surface area contributed by atoms with Crippen LogP contribution in [0.2, 0.25) is 0 Å². The Morgan fingerprint density at radius 3 is 2.55 bits per heavy atom. The van der Waals surface area contributed by atoms with Crippen LogP contribution < -0.4 is 5.32 Å². The van der Waals surface area contributed by atoms with Crippen LogP contribution in [0, 0.1) is 18.6 Å². The molecule has 1 aromatic heterocycles. The standard InChI is InChI=1S/C20H18F2N4O3/c1-12(16-9-8-14(21)10-17(16)22)23-18(27)11-29-20(28)19-13(2)24-26(25-19)15-6-4-3-5-7-15/h3-10,12H,11H2,1-2H3,(H,23,27)/t12-/m1/s1. The first-order chi connectivity index (χ1) is 13.8. The molecule has 0 aliphatic carbocycles. The lowest BCUT2D eigenvalue weighted by atomic mass is 10.1. The minimum absolute atomic E-state index is 0.0146. The lowest BCUT2D eigenvalue weighted by Gasteiger charge is -2.15. The molecule has 1 amide bonds. The molecular formula is C20H18F2N4O3. The van der Waals surface area contributed by atoms with Gasteiger partial charge in [-0.15, -0.1) is 5.10 Å². The van der Waals surface area contributed by atoms with Crippen molar-refractivity contribution in [3.8, 4) is 5.69 Å². The molecule has 1 heterocycles. The number of aromatic nitrogens is 3. The first kappa shape index (κ1) is 20.1. The molecule has 9 heteroatoms. The molecule has 0 aliphatic heterocycles. The second-order valence-corrected chi connectivity index (χ2v) is 6.29. The third-order valence-corrected chi connectivity index (χ3v) is 4.10. The zero-order valence-electron chi connectivity index (χ0n) is 15.7. The van der Waals surface area contributed by atoms with E-state index in [1.807, 2.05) is 18.2 Å². The molecule has 1 atom stereocenters. The molecule has 1 N–H and O–H groups in total. The van der Waals surface area contributed by atoms with Crippen LogP contribution in [0.4, 0.5) is 8.78 Å². The molecule has 0 aliphatic rings. The van der Waals surface area contributed by atoms with Crippen molar-refractivity contribution in [2.24, 2.45) is 0 Å². The first-order valence-electron chi connectivity index (χ1n) is 8.76. The number of rotatable bonds is 6. The van der Waals surface area contributed by atoms with Crippen LogP contribution in [0.3, 0.4) is 0 Å². The second-order valence-electron chi connectivity index (χ2n) is 6.29. The summed E-state index contributed by atoms with van der Waals surface area (Å²) in [4.78, 5) is 25.6. The topological polar surface area (TPSA) is 86.1 Å². The number of hydrogen-bond donors (Lipinski definition) is 1. The van der Waals surface area contributed by atoms with Crippen molar-refractivity contribution in [3.63, 3.8) is 0 Å². The normalized spacial score (nSPS) is 11.7. The van der Waals surface area contributed by atoms with E-state index in [2.05, 4.69) is 15.5 Å². The zero-order chi connectivity index (χ0) is 21.0. The number of carbonyl (C=O) groups is 2. The number of hydrogen-bond acceptors (Lipinski definition) is 5. The predicted molar refractivity (Wildman–Crippen MR) is 99.3 cm³/mol. The summed E-state index contributed by atoms with van der Waals surface area (Å²) in [6.45, 7) is 2.55. The molecule has 29 heavy (non-hydrogen) atoms. The largest absolute Gasteiger partial charge is 0.451 e. The minimum Gasteiger partial charge on any atom is -0.451 e. The van der Waals surface area contributed by atoms with Crippen molar-refractivity contribution in [2.75, 3.05) is 6.61 Å². The Kier molecular flexibility index (Phi) is 5.96. The third kappa shape index (κ3) is 4.81. The molecule has 0 radical (unpaired) electrons. The van der Waals surface area contributed by atoms with Crippen molar-refractivity contribution < 1.29 is 23.1 Å². The van der Waals surface area contributed by atoms with Gasteiger partial charge in [0.15, 0.2) is 12.3 Å². The molecule has 0 fully saturated rings. The van der Waals surface area contributed by atoms with E-state index in [4.69, 9.17) is 4.74 Å². The van der Waals surface area contributed by atoms with E-state index >= 15 is 0 Å². The Morgan fingerprint density at radius 2 is 1.86 bits per heavy atom. The van der Waals surface area contributed by atoms with Gasteiger partial charge < -0.3 is 10.1 Å². The molecule has 3 rings (SSSR count). The number of nitrogens with one attached hydrogen (secondary N) is 1. The zero-order valence-corrected chi connectivity index (χ0v) is 15.7. The second kappa shape index (κ2) is 8.59. The maximum absolute atomic E-state index is 13.8. The fourth-order valence-corrected chi connectivity index (χ4v) is 2.66. The highest BCUT2D eigenvalue weighted by Gasteiger charge is 2.20. The van der Waals surface area contributed by atoms with Crippen LogP contribution in [0.5, 0.6) is 0 Å². The van der Waals surface area contributed by atoms with E-state index in [1.54, 1.807) is 19.1 Å². The summed E-state index contributed by atoms with van der Waals surface area (Å²) in [5.74, 6) is -2.93. The number of halogens is 2. The van der Waals surface area contributed by atoms with E-state index in [9.17, 15) is 18.4 Å².